The van der Waals surface area contributed by atoms with Gasteiger partial charge in [0, 0.05) is 18.3 Å². The molecular weight excluding hydrogens is 445 g/mol. The maximum absolute atomic E-state index is 12.0. The number of fused-ring (bicyclic) bond motifs is 1. The van der Waals surface area contributed by atoms with Gasteiger partial charge in [-0.05, 0) is 54.9 Å². The molecule has 0 aliphatic rings. The number of hydrogen-bond donors (Lipinski definition) is 2. The van der Waals surface area contributed by atoms with Gasteiger partial charge in [-0.1, -0.05) is 12.1 Å². The molecule has 2 aromatic heterocycles. The Balaban J connectivity index is 1.88. The van der Waals surface area contributed by atoms with E-state index >= 15 is 0 Å². The summed E-state index contributed by atoms with van der Waals surface area (Å²) in [5, 5.41) is 8.06. The monoisotopic (exact) mass is 463 g/mol. The van der Waals surface area contributed by atoms with Crippen molar-refractivity contribution in [3.05, 3.63) is 46.4 Å². The minimum absolute atomic E-state index is 0.185. The third kappa shape index (κ3) is 3.99. The first-order chi connectivity index (χ1) is 12.5. The van der Waals surface area contributed by atoms with E-state index < -0.39 is 0 Å². The third-order valence-corrected chi connectivity index (χ3v) is 4.30. The van der Waals surface area contributed by atoms with Gasteiger partial charge >= 0.3 is 0 Å². The lowest BCUT2D eigenvalue weighted by Gasteiger charge is -2.07. The maximum atomic E-state index is 12.0. The van der Waals surface area contributed by atoms with Crippen LogP contribution in [0.25, 0.3) is 16.7 Å². The van der Waals surface area contributed by atoms with Crippen molar-refractivity contribution in [1.29, 1.82) is 0 Å². The van der Waals surface area contributed by atoms with Crippen molar-refractivity contribution in [3.63, 3.8) is 0 Å². The van der Waals surface area contributed by atoms with Crippen LogP contribution in [-0.2, 0) is 4.79 Å². The van der Waals surface area contributed by atoms with Crippen molar-refractivity contribution in [3.8, 4) is 5.69 Å². The highest BCUT2D eigenvalue weighted by atomic mass is 127. The second-order valence-electron chi connectivity index (χ2n) is 5.86. The Morgan fingerprint density at radius 2 is 2.19 bits per heavy atom. The fourth-order valence-corrected chi connectivity index (χ4v) is 3.12. The molecule has 9 heteroatoms. The van der Waals surface area contributed by atoms with E-state index in [0.717, 1.165) is 9.39 Å². The lowest BCUT2D eigenvalue weighted by atomic mass is 10.2. The average molecular weight is 463 g/mol. The molecule has 1 amide bonds. The van der Waals surface area contributed by atoms with Gasteiger partial charge in [0.05, 0.1) is 11.1 Å². The van der Waals surface area contributed by atoms with Gasteiger partial charge in [-0.15, -0.1) is 0 Å². The molecule has 0 unspecified atom stereocenters. The number of carbonyl (C=O) groups excluding carboxylic acids is 1. The number of nitrogens with zero attached hydrogens (tertiary/aromatic N) is 5. The number of anilines is 2. The molecular formula is C17H18IN7O. The minimum Gasteiger partial charge on any atom is -0.383 e. The summed E-state index contributed by atoms with van der Waals surface area (Å²) in [5.74, 6) is 0.205. The topological polar surface area (TPSA) is 102 Å². The molecule has 0 radical (unpaired) electrons. The molecule has 26 heavy (non-hydrogen) atoms. The molecule has 0 aliphatic carbocycles. The zero-order valence-electron chi connectivity index (χ0n) is 14.3. The fraction of sp³-hybridized carbons (Fsp3) is 0.176. The molecule has 0 aliphatic heterocycles. The highest BCUT2D eigenvalue weighted by Crippen LogP contribution is 2.25. The molecule has 3 aromatic rings. The van der Waals surface area contributed by atoms with Gasteiger partial charge in [0.15, 0.2) is 5.65 Å². The molecule has 3 rings (SSSR count). The van der Waals surface area contributed by atoms with Crippen LogP contribution in [0.1, 0.15) is 0 Å². The van der Waals surface area contributed by atoms with Crippen LogP contribution in [0.3, 0.4) is 0 Å². The Morgan fingerprint density at radius 1 is 1.38 bits per heavy atom. The van der Waals surface area contributed by atoms with Crippen molar-refractivity contribution in [2.45, 2.75) is 0 Å². The number of rotatable bonds is 5. The summed E-state index contributed by atoms with van der Waals surface area (Å²) < 4.78 is 2.41. The summed E-state index contributed by atoms with van der Waals surface area (Å²) in [6.07, 6.45) is 4.74. The Hall–Kier alpha value is -2.53. The van der Waals surface area contributed by atoms with Gasteiger partial charge in [0.1, 0.15) is 15.8 Å². The van der Waals surface area contributed by atoms with Crippen LogP contribution >= 0.6 is 22.6 Å². The molecule has 0 saturated heterocycles. The van der Waals surface area contributed by atoms with Gasteiger partial charge in [0.2, 0.25) is 5.91 Å². The number of likely N-dealkylation sites (N-methyl/N-ethyl adjacent to an activating group) is 1. The molecule has 0 saturated carbocycles. The van der Waals surface area contributed by atoms with Gasteiger partial charge in [-0.25, -0.2) is 14.6 Å². The predicted molar refractivity (Wildman–Crippen MR) is 110 cm³/mol. The van der Waals surface area contributed by atoms with E-state index in [4.69, 9.17) is 5.73 Å². The maximum Gasteiger partial charge on any atom is 0.248 e. The Labute approximate surface area is 164 Å². The third-order valence-electron chi connectivity index (χ3n) is 3.55. The standard InChI is InChI=1S/C17H18IN7O/c1-24(2)8-4-7-13(26)22-11-5-3-6-12(9-11)25-17-14(15(18)23-25)16(19)20-10-21-17/h3-7,9-10H,8H2,1-2H3,(H,22,26)(H2,19,20,21)/b7-4+. The molecule has 3 N–H and O–H groups in total. The van der Waals surface area contributed by atoms with Crippen LogP contribution in [0.15, 0.2) is 42.7 Å². The highest BCUT2D eigenvalue weighted by Gasteiger charge is 2.14. The van der Waals surface area contributed by atoms with Crippen LogP contribution in [0.4, 0.5) is 11.5 Å². The number of carbonyl (C=O) groups is 1. The number of nitrogen functional groups attached to an aromatic ring is 1. The second kappa shape index (κ2) is 7.79. The van der Waals surface area contributed by atoms with Gasteiger partial charge in [0.25, 0.3) is 0 Å². The zero-order chi connectivity index (χ0) is 18.7. The van der Waals surface area contributed by atoms with Crippen LogP contribution < -0.4 is 11.1 Å². The minimum atomic E-state index is -0.185. The number of aromatic nitrogens is 4. The lowest BCUT2D eigenvalue weighted by molar-refractivity contribution is -0.111. The fourth-order valence-electron chi connectivity index (χ4n) is 2.38. The van der Waals surface area contributed by atoms with E-state index in [9.17, 15) is 4.79 Å². The Morgan fingerprint density at radius 3 is 2.96 bits per heavy atom. The van der Waals surface area contributed by atoms with E-state index in [1.807, 2.05) is 49.3 Å². The van der Waals surface area contributed by atoms with Crippen LogP contribution in [0, 0.1) is 3.70 Å². The number of nitrogens with one attached hydrogen (secondary N) is 1. The second-order valence-corrected chi connectivity index (χ2v) is 6.89. The number of hydrogen-bond acceptors (Lipinski definition) is 6. The summed E-state index contributed by atoms with van der Waals surface area (Å²) in [4.78, 5) is 22.3. The first-order valence-corrected chi connectivity index (χ1v) is 8.91. The number of benzene rings is 1. The predicted octanol–water partition coefficient (Wildman–Crippen LogP) is 2.06. The summed E-state index contributed by atoms with van der Waals surface area (Å²) >= 11 is 2.11. The Bertz CT molecular complexity index is 980. The van der Waals surface area contributed by atoms with Crippen molar-refractivity contribution in [2.24, 2.45) is 0 Å². The lowest BCUT2D eigenvalue weighted by Crippen LogP contribution is -2.13. The van der Waals surface area contributed by atoms with Crippen molar-refractivity contribution in [1.82, 2.24) is 24.6 Å². The van der Waals surface area contributed by atoms with Gasteiger partial charge in [-0.3, -0.25) is 4.79 Å². The number of amides is 1. The average Bonchev–Trinajstić information content (AvgIpc) is 2.93. The van der Waals surface area contributed by atoms with Crippen molar-refractivity contribution < 1.29 is 4.79 Å². The SMILES string of the molecule is CN(C)C/C=C/C(=O)Nc1cccc(-n2nc(I)c3c(N)ncnc32)c1. The van der Waals surface area contributed by atoms with Gasteiger partial charge in [-0.2, -0.15) is 5.10 Å². The first kappa shape index (κ1) is 18.3. The van der Waals surface area contributed by atoms with E-state index in [1.165, 1.54) is 12.4 Å². The Kier molecular flexibility index (Phi) is 5.47. The van der Waals surface area contributed by atoms with E-state index in [0.29, 0.717) is 29.1 Å². The van der Waals surface area contributed by atoms with Crippen LogP contribution in [-0.4, -0.2) is 51.2 Å². The number of nitrogens with two attached hydrogens (primary N) is 1. The van der Waals surface area contributed by atoms with E-state index in [1.54, 1.807) is 4.68 Å². The molecule has 0 spiro atoms. The molecule has 0 fully saturated rings. The summed E-state index contributed by atoms with van der Waals surface area (Å²) in [5.41, 5.74) is 7.99. The van der Waals surface area contributed by atoms with E-state index in [2.05, 4.69) is 43.0 Å². The normalized spacial score (nSPS) is 11.5. The van der Waals surface area contributed by atoms with Gasteiger partial charge < -0.3 is 16.0 Å². The molecule has 0 atom stereocenters. The summed E-state index contributed by atoms with van der Waals surface area (Å²) in [6.45, 7) is 0.701. The molecule has 0 bridgehead atoms. The van der Waals surface area contributed by atoms with Crippen LogP contribution in [0.2, 0.25) is 0 Å². The van der Waals surface area contributed by atoms with Crippen molar-refractivity contribution >= 4 is 51.0 Å². The van der Waals surface area contributed by atoms with Crippen LogP contribution in [0.5, 0.6) is 0 Å². The van der Waals surface area contributed by atoms with Crippen molar-refractivity contribution in [2.75, 3.05) is 31.7 Å². The molecule has 8 nitrogen and oxygen atoms in total. The number of halogens is 1. The quantitative estimate of drug-likeness (QED) is 0.444. The molecule has 1 aromatic carbocycles. The molecule has 134 valence electrons. The first-order valence-electron chi connectivity index (χ1n) is 7.83. The largest absolute Gasteiger partial charge is 0.383 e. The van der Waals surface area contributed by atoms with E-state index in [-0.39, 0.29) is 5.91 Å². The molecule has 2 heterocycles. The summed E-state index contributed by atoms with van der Waals surface area (Å²) in [6, 6.07) is 7.39. The highest BCUT2D eigenvalue weighted by molar-refractivity contribution is 14.1. The smallest absolute Gasteiger partial charge is 0.248 e. The summed E-state index contributed by atoms with van der Waals surface area (Å²) in [7, 11) is 3.88. The zero-order valence-corrected chi connectivity index (χ0v) is 16.5.